The third kappa shape index (κ3) is 2.04. The van der Waals surface area contributed by atoms with Crippen LogP contribution in [0, 0.1) is 20.8 Å². The van der Waals surface area contributed by atoms with Crippen molar-refractivity contribution in [1.82, 2.24) is 9.97 Å². The Labute approximate surface area is 110 Å². The number of hydrogen-bond donors (Lipinski definition) is 0. The van der Waals surface area contributed by atoms with Gasteiger partial charge in [0.15, 0.2) is 5.58 Å². The van der Waals surface area contributed by atoms with Crippen LogP contribution >= 0.6 is 11.3 Å². The van der Waals surface area contributed by atoms with E-state index in [0.29, 0.717) is 0 Å². The first-order valence-electron chi connectivity index (χ1n) is 5.91. The molecule has 0 radical (unpaired) electrons. The molecule has 0 unspecified atom stereocenters. The number of fused-ring (bicyclic) bond motifs is 1. The highest BCUT2D eigenvalue weighted by atomic mass is 32.1. The predicted molar refractivity (Wildman–Crippen MR) is 73.1 cm³/mol. The Kier molecular flexibility index (Phi) is 2.67. The van der Waals surface area contributed by atoms with Gasteiger partial charge in [-0.1, -0.05) is 6.07 Å². The Bertz CT molecular complexity index is 712. The molecule has 0 saturated heterocycles. The fourth-order valence-electron chi connectivity index (χ4n) is 2.04. The predicted octanol–water partition coefficient (Wildman–Crippen LogP) is 3.80. The number of aromatic nitrogens is 2. The minimum Gasteiger partial charge on any atom is -0.440 e. The van der Waals surface area contributed by atoms with Crippen LogP contribution in [0.4, 0.5) is 0 Å². The van der Waals surface area contributed by atoms with E-state index in [1.807, 2.05) is 32.0 Å². The fraction of sp³-hybridized carbons (Fsp3) is 0.286. The molecule has 0 aliphatic heterocycles. The van der Waals surface area contributed by atoms with Gasteiger partial charge in [0.1, 0.15) is 5.52 Å². The van der Waals surface area contributed by atoms with E-state index >= 15 is 0 Å². The van der Waals surface area contributed by atoms with Gasteiger partial charge in [-0.3, -0.25) is 0 Å². The highest BCUT2D eigenvalue weighted by molar-refractivity contribution is 7.11. The van der Waals surface area contributed by atoms with Crippen molar-refractivity contribution < 1.29 is 4.42 Å². The smallest absolute Gasteiger partial charge is 0.200 e. The van der Waals surface area contributed by atoms with Crippen molar-refractivity contribution in [1.29, 1.82) is 0 Å². The van der Waals surface area contributed by atoms with Crippen molar-refractivity contribution >= 4 is 22.4 Å². The summed E-state index contributed by atoms with van der Waals surface area (Å²) in [7, 11) is 0. The van der Waals surface area contributed by atoms with E-state index in [0.717, 1.165) is 34.1 Å². The Morgan fingerprint density at radius 1 is 1.17 bits per heavy atom. The summed E-state index contributed by atoms with van der Waals surface area (Å²) in [5.74, 6) is 0.766. The molecule has 0 aliphatic rings. The molecule has 0 fully saturated rings. The molecule has 0 atom stereocenters. The van der Waals surface area contributed by atoms with Crippen LogP contribution in [0.25, 0.3) is 11.1 Å². The summed E-state index contributed by atoms with van der Waals surface area (Å²) >= 11 is 1.71. The van der Waals surface area contributed by atoms with Crippen LogP contribution < -0.4 is 0 Å². The summed E-state index contributed by atoms with van der Waals surface area (Å²) in [5.41, 5.74) is 4.07. The maximum Gasteiger partial charge on any atom is 0.200 e. The fourth-order valence-corrected chi connectivity index (χ4v) is 2.96. The SMILES string of the molecule is Cc1ccc2oc(Cc3sc(C)nc3C)nc2c1. The molecule has 0 spiro atoms. The molecule has 0 bridgehead atoms. The third-order valence-electron chi connectivity index (χ3n) is 2.90. The van der Waals surface area contributed by atoms with Crippen LogP contribution in [0.2, 0.25) is 0 Å². The molecule has 92 valence electrons. The van der Waals surface area contributed by atoms with Gasteiger partial charge in [-0.25, -0.2) is 9.97 Å². The molecular weight excluding hydrogens is 244 g/mol. The van der Waals surface area contributed by atoms with Gasteiger partial charge < -0.3 is 4.42 Å². The van der Waals surface area contributed by atoms with E-state index in [9.17, 15) is 0 Å². The minimum absolute atomic E-state index is 0.727. The van der Waals surface area contributed by atoms with E-state index in [4.69, 9.17) is 4.42 Å². The molecule has 3 rings (SSSR count). The van der Waals surface area contributed by atoms with Crippen molar-refractivity contribution in [2.75, 3.05) is 0 Å². The van der Waals surface area contributed by atoms with Gasteiger partial charge in [0.05, 0.1) is 17.1 Å². The lowest BCUT2D eigenvalue weighted by molar-refractivity contribution is 0.545. The Balaban J connectivity index is 1.97. The van der Waals surface area contributed by atoms with Crippen molar-refractivity contribution in [3.8, 4) is 0 Å². The van der Waals surface area contributed by atoms with Crippen LogP contribution in [-0.4, -0.2) is 9.97 Å². The Hall–Kier alpha value is -1.68. The van der Waals surface area contributed by atoms with Crippen molar-refractivity contribution in [2.24, 2.45) is 0 Å². The minimum atomic E-state index is 0.727. The van der Waals surface area contributed by atoms with Gasteiger partial charge in [-0.2, -0.15) is 0 Å². The molecule has 18 heavy (non-hydrogen) atoms. The summed E-state index contributed by atoms with van der Waals surface area (Å²) in [4.78, 5) is 10.2. The lowest BCUT2D eigenvalue weighted by Gasteiger charge is -1.92. The molecule has 0 amide bonds. The second kappa shape index (κ2) is 4.21. The van der Waals surface area contributed by atoms with Gasteiger partial charge in [-0.15, -0.1) is 11.3 Å². The summed E-state index contributed by atoms with van der Waals surface area (Å²) in [5, 5.41) is 1.09. The number of rotatable bonds is 2. The van der Waals surface area contributed by atoms with E-state index in [1.54, 1.807) is 11.3 Å². The summed E-state index contributed by atoms with van der Waals surface area (Å²) in [6, 6.07) is 6.07. The van der Waals surface area contributed by atoms with Gasteiger partial charge in [0, 0.05) is 4.88 Å². The number of aryl methyl sites for hydroxylation is 3. The average Bonchev–Trinajstić information content (AvgIpc) is 2.82. The first-order chi connectivity index (χ1) is 8.61. The van der Waals surface area contributed by atoms with E-state index in [-0.39, 0.29) is 0 Å². The average molecular weight is 258 g/mol. The first-order valence-corrected chi connectivity index (χ1v) is 6.72. The quantitative estimate of drug-likeness (QED) is 0.701. The van der Waals surface area contributed by atoms with Gasteiger partial charge in [0.2, 0.25) is 5.89 Å². The number of nitrogens with zero attached hydrogens (tertiary/aromatic N) is 2. The molecule has 4 heteroatoms. The van der Waals surface area contributed by atoms with Crippen LogP contribution in [-0.2, 0) is 6.42 Å². The van der Waals surface area contributed by atoms with Crippen molar-refractivity contribution in [3.05, 3.63) is 45.2 Å². The molecule has 3 aromatic rings. The normalized spacial score (nSPS) is 11.3. The highest BCUT2D eigenvalue weighted by Gasteiger charge is 2.11. The van der Waals surface area contributed by atoms with Crippen LogP contribution in [0.15, 0.2) is 22.6 Å². The van der Waals surface area contributed by atoms with E-state index in [2.05, 4.69) is 16.9 Å². The monoisotopic (exact) mass is 258 g/mol. The lowest BCUT2D eigenvalue weighted by atomic mass is 10.2. The topological polar surface area (TPSA) is 38.9 Å². The second-order valence-corrected chi connectivity index (χ2v) is 5.78. The third-order valence-corrected chi connectivity index (χ3v) is 3.97. The summed E-state index contributed by atoms with van der Waals surface area (Å²) in [6.07, 6.45) is 0.727. The molecule has 2 heterocycles. The van der Waals surface area contributed by atoms with Crippen molar-refractivity contribution in [3.63, 3.8) is 0 Å². The zero-order chi connectivity index (χ0) is 12.7. The van der Waals surface area contributed by atoms with Crippen LogP contribution in [0.3, 0.4) is 0 Å². The molecule has 3 nitrogen and oxygen atoms in total. The maximum atomic E-state index is 5.76. The largest absolute Gasteiger partial charge is 0.440 e. The number of hydrogen-bond acceptors (Lipinski definition) is 4. The molecule has 0 N–H and O–H groups in total. The molecule has 2 aromatic heterocycles. The molecule has 0 aliphatic carbocycles. The number of benzene rings is 1. The van der Waals surface area contributed by atoms with Gasteiger partial charge in [-0.05, 0) is 38.5 Å². The Morgan fingerprint density at radius 2 is 2.00 bits per heavy atom. The van der Waals surface area contributed by atoms with Crippen LogP contribution in [0.1, 0.15) is 27.0 Å². The second-order valence-electron chi connectivity index (χ2n) is 4.50. The lowest BCUT2D eigenvalue weighted by Crippen LogP contribution is -1.87. The van der Waals surface area contributed by atoms with Gasteiger partial charge in [0.25, 0.3) is 0 Å². The van der Waals surface area contributed by atoms with Gasteiger partial charge >= 0.3 is 0 Å². The zero-order valence-electron chi connectivity index (χ0n) is 10.7. The van der Waals surface area contributed by atoms with Crippen molar-refractivity contribution in [2.45, 2.75) is 27.2 Å². The summed E-state index contributed by atoms with van der Waals surface area (Å²) < 4.78 is 5.76. The molecule has 1 aromatic carbocycles. The van der Waals surface area contributed by atoms with Crippen LogP contribution in [0.5, 0.6) is 0 Å². The maximum absolute atomic E-state index is 5.76. The summed E-state index contributed by atoms with van der Waals surface area (Å²) in [6.45, 7) is 6.12. The molecule has 0 saturated carbocycles. The number of thiazole rings is 1. The number of oxazole rings is 1. The highest BCUT2D eigenvalue weighted by Crippen LogP contribution is 2.23. The molecular formula is C14H14N2OS. The van der Waals surface area contributed by atoms with E-state index < -0.39 is 0 Å². The standard InChI is InChI=1S/C14H14N2OS/c1-8-4-5-12-11(6-8)16-14(17-12)7-13-9(2)15-10(3)18-13/h4-6H,7H2,1-3H3. The zero-order valence-corrected chi connectivity index (χ0v) is 11.5. The first kappa shape index (κ1) is 11.4. The van der Waals surface area contributed by atoms with E-state index in [1.165, 1.54) is 10.4 Å². The Morgan fingerprint density at radius 3 is 2.72 bits per heavy atom.